The second-order valence-corrected chi connectivity index (χ2v) is 8.02. The van der Waals surface area contributed by atoms with Crippen LogP contribution in [-0.4, -0.2) is 51.4 Å². The summed E-state index contributed by atoms with van der Waals surface area (Å²) in [6.45, 7) is 0.618. The molecule has 4 aromatic rings. The van der Waals surface area contributed by atoms with Crippen LogP contribution in [0.3, 0.4) is 0 Å². The SMILES string of the molecule is O=C(COc1ccc2ccccc2c1)NCCNC(=O)c1nc(Cn2cc(I)cn2)no1. The molecule has 0 aliphatic rings. The van der Waals surface area contributed by atoms with Crippen LogP contribution in [0.2, 0.25) is 0 Å². The maximum absolute atomic E-state index is 12.1. The number of nitrogens with zero attached hydrogens (tertiary/aromatic N) is 4. The Kier molecular flexibility index (Phi) is 6.94. The van der Waals surface area contributed by atoms with E-state index in [0.717, 1.165) is 14.3 Å². The molecule has 0 spiro atoms. The second kappa shape index (κ2) is 10.2. The molecular weight excluding hydrogens is 527 g/mol. The quantitative estimate of drug-likeness (QED) is 0.243. The molecule has 0 unspecified atom stereocenters. The number of nitrogens with one attached hydrogen (secondary N) is 2. The lowest BCUT2D eigenvalue weighted by atomic mass is 10.1. The summed E-state index contributed by atoms with van der Waals surface area (Å²) < 4.78 is 13.1. The van der Waals surface area contributed by atoms with Crippen molar-refractivity contribution in [3.63, 3.8) is 0 Å². The lowest BCUT2D eigenvalue weighted by Crippen LogP contribution is -2.36. The van der Waals surface area contributed by atoms with E-state index in [9.17, 15) is 9.59 Å². The van der Waals surface area contributed by atoms with Gasteiger partial charge in [-0.15, -0.1) is 0 Å². The molecule has 2 amide bonds. The molecule has 2 aromatic heterocycles. The molecule has 0 aliphatic carbocycles. The zero-order valence-corrected chi connectivity index (χ0v) is 19.0. The van der Waals surface area contributed by atoms with Gasteiger partial charge in [0.25, 0.3) is 5.91 Å². The Hall–Kier alpha value is -3.48. The molecule has 11 heteroatoms. The fraction of sp³-hybridized carbons (Fsp3) is 0.190. The van der Waals surface area contributed by atoms with E-state index in [1.165, 1.54) is 0 Å². The van der Waals surface area contributed by atoms with Gasteiger partial charge in [-0.3, -0.25) is 14.3 Å². The number of rotatable bonds is 9. The third-order valence-corrected chi connectivity index (χ3v) is 4.95. The third-order valence-electron chi connectivity index (χ3n) is 4.39. The van der Waals surface area contributed by atoms with Crippen LogP contribution in [0, 0.1) is 3.57 Å². The normalized spacial score (nSPS) is 10.8. The van der Waals surface area contributed by atoms with Crippen molar-refractivity contribution in [3.05, 3.63) is 70.1 Å². The molecule has 2 aromatic carbocycles. The number of ether oxygens (including phenoxy) is 1. The molecule has 164 valence electrons. The van der Waals surface area contributed by atoms with Crippen LogP contribution in [0.25, 0.3) is 10.8 Å². The van der Waals surface area contributed by atoms with Crippen LogP contribution in [0.5, 0.6) is 5.75 Å². The molecule has 2 heterocycles. The number of carbonyl (C=O) groups is 2. The van der Waals surface area contributed by atoms with Gasteiger partial charge in [0, 0.05) is 19.3 Å². The first-order valence-corrected chi connectivity index (χ1v) is 10.8. The Morgan fingerprint density at radius 1 is 1.09 bits per heavy atom. The lowest BCUT2D eigenvalue weighted by Gasteiger charge is -2.08. The van der Waals surface area contributed by atoms with Gasteiger partial charge in [0.2, 0.25) is 0 Å². The number of amides is 2. The summed E-state index contributed by atoms with van der Waals surface area (Å²) in [5.41, 5.74) is 0. The highest BCUT2D eigenvalue weighted by Crippen LogP contribution is 2.20. The van der Waals surface area contributed by atoms with Crippen molar-refractivity contribution < 1.29 is 18.8 Å². The van der Waals surface area contributed by atoms with Crippen LogP contribution in [-0.2, 0) is 11.3 Å². The lowest BCUT2D eigenvalue weighted by molar-refractivity contribution is -0.123. The van der Waals surface area contributed by atoms with E-state index >= 15 is 0 Å². The van der Waals surface area contributed by atoms with Gasteiger partial charge in [0.1, 0.15) is 12.3 Å². The summed E-state index contributed by atoms with van der Waals surface area (Å²) in [4.78, 5) is 28.1. The Labute approximate surface area is 196 Å². The van der Waals surface area contributed by atoms with Gasteiger partial charge in [0.05, 0.1) is 9.77 Å². The average molecular weight is 546 g/mol. The number of halogens is 1. The molecule has 0 bridgehead atoms. The summed E-state index contributed by atoms with van der Waals surface area (Å²) in [5.74, 6) is 0.00702. The molecule has 0 radical (unpaired) electrons. The fourth-order valence-corrected chi connectivity index (χ4v) is 3.34. The number of fused-ring (bicyclic) bond motifs is 1. The largest absolute Gasteiger partial charge is 0.484 e. The molecule has 0 atom stereocenters. The van der Waals surface area contributed by atoms with Gasteiger partial charge >= 0.3 is 11.8 Å². The maximum Gasteiger partial charge on any atom is 0.316 e. The highest BCUT2D eigenvalue weighted by molar-refractivity contribution is 14.1. The molecule has 0 saturated carbocycles. The number of aromatic nitrogens is 4. The van der Waals surface area contributed by atoms with E-state index < -0.39 is 5.91 Å². The first kappa shape index (κ1) is 21.7. The highest BCUT2D eigenvalue weighted by atomic mass is 127. The Morgan fingerprint density at radius 3 is 2.72 bits per heavy atom. The van der Waals surface area contributed by atoms with E-state index in [-0.39, 0.29) is 31.5 Å². The fourth-order valence-electron chi connectivity index (χ4n) is 2.89. The number of carbonyl (C=O) groups excluding carboxylic acids is 2. The first-order valence-electron chi connectivity index (χ1n) is 9.74. The maximum atomic E-state index is 12.1. The molecule has 2 N–H and O–H groups in total. The van der Waals surface area contributed by atoms with Gasteiger partial charge in [-0.1, -0.05) is 35.5 Å². The van der Waals surface area contributed by atoms with Crippen molar-refractivity contribution in [2.75, 3.05) is 19.7 Å². The van der Waals surface area contributed by atoms with E-state index in [0.29, 0.717) is 18.1 Å². The predicted octanol–water partition coefficient (Wildman–Crippen LogP) is 2.00. The third kappa shape index (κ3) is 5.81. The highest BCUT2D eigenvalue weighted by Gasteiger charge is 2.15. The first-order chi connectivity index (χ1) is 15.6. The smallest absolute Gasteiger partial charge is 0.316 e. The van der Waals surface area contributed by atoms with Crippen molar-refractivity contribution in [1.82, 2.24) is 30.6 Å². The second-order valence-electron chi connectivity index (χ2n) is 6.78. The van der Waals surface area contributed by atoms with E-state index in [4.69, 9.17) is 9.26 Å². The standard InChI is InChI=1S/C21H19IN6O4/c22-16-10-25-28(11-16)12-18-26-21(32-27-18)20(30)24-8-7-23-19(29)13-31-17-6-5-14-3-1-2-4-15(14)9-17/h1-6,9-11H,7-8,12-13H2,(H,23,29)(H,24,30). The summed E-state index contributed by atoms with van der Waals surface area (Å²) in [5, 5.41) is 15.3. The van der Waals surface area contributed by atoms with Crippen molar-refractivity contribution >= 4 is 45.2 Å². The Balaban J connectivity index is 1.16. The molecule has 0 saturated heterocycles. The Bertz CT molecular complexity index is 1240. The molecule has 32 heavy (non-hydrogen) atoms. The molecular formula is C21H19IN6O4. The minimum absolute atomic E-state index is 0.119. The summed E-state index contributed by atoms with van der Waals surface area (Å²) >= 11 is 2.14. The number of hydrogen-bond acceptors (Lipinski definition) is 7. The van der Waals surface area contributed by atoms with Gasteiger partial charge in [0.15, 0.2) is 12.4 Å². The van der Waals surface area contributed by atoms with Gasteiger partial charge in [-0.25, -0.2) is 0 Å². The number of hydrogen-bond donors (Lipinski definition) is 2. The van der Waals surface area contributed by atoms with Crippen LogP contribution in [0.1, 0.15) is 16.5 Å². The van der Waals surface area contributed by atoms with Crippen LogP contribution < -0.4 is 15.4 Å². The number of benzene rings is 2. The van der Waals surface area contributed by atoms with Crippen molar-refractivity contribution in [1.29, 1.82) is 0 Å². The predicted molar refractivity (Wildman–Crippen MR) is 123 cm³/mol. The van der Waals surface area contributed by atoms with Crippen molar-refractivity contribution in [2.45, 2.75) is 6.54 Å². The zero-order chi connectivity index (χ0) is 22.3. The minimum Gasteiger partial charge on any atom is -0.484 e. The summed E-state index contributed by atoms with van der Waals surface area (Å²) in [7, 11) is 0. The van der Waals surface area contributed by atoms with E-state index in [2.05, 4.69) is 48.5 Å². The van der Waals surface area contributed by atoms with E-state index in [1.54, 1.807) is 10.9 Å². The van der Waals surface area contributed by atoms with Crippen molar-refractivity contribution in [3.8, 4) is 5.75 Å². The van der Waals surface area contributed by atoms with E-state index in [1.807, 2.05) is 48.7 Å². The van der Waals surface area contributed by atoms with Crippen LogP contribution in [0.15, 0.2) is 59.4 Å². The van der Waals surface area contributed by atoms with Gasteiger partial charge in [-0.2, -0.15) is 10.1 Å². The summed E-state index contributed by atoms with van der Waals surface area (Å²) in [6, 6.07) is 13.5. The van der Waals surface area contributed by atoms with Crippen LogP contribution >= 0.6 is 22.6 Å². The van der Waals surface area contributed by atoms with Gasteiger partial charge < -0.3 is 19.9 Å². The zero-order valence-electron chi connectivity index (χ0n) is 16.8. The summed E-state index contributed by atoms with van der Waals surface area (Å²) in [6.07, 6.45) is 3.53. The monoisotopic (exact) mass is 546 g/mol. The van der Waals surface area contributed by atoms with Crippen LogP contribution in [0.4, 0.5) is 0 Å². The molecule has 4 rings (SSSR count). The Morgan fingerprint density at radius 2 is 1.91 bits per heavy atom. The molecule has 10 nitrogen and oxygen atoms in total. The minimum atomic E-state index is -0.513. The molecule has 0 fully saturated rings. The average Bonchev–Trinajstić information content (AvgIpc) is 3.44. The topological polar surface area (TPSA) is 124 Å². The van der Waals surface area contributed by atoms with Crippen molar-refractivity contribution in [2.24, 2.45) is 0 Å². The molecule has 0 aliphatic heterocycles. The van der Waals surface area contributed by atoms with Gasteiger partial charge in [-0.05, 0) is 45.5 Å².